The fourth-order valence-electron chi connectivity index (χ4n) is 1.62. The zero-order valence-electron chi connectivity index (χ0n) is 11.6. The zero-order valence-corrected chi connectivity index (χ0v) is 11.6. The van der Waals surface area contributed by atoms with E-state index < -0.39 is 35.2 Å². The van der Waals surface area contributed by atoms with Crippen molar-refractivity contribution in [2.45, 2.75) is 25.6 Å². The number of aliphatic hydroxyl groups is 2. The van der Waals surface area contributed by atoms with Crippen LogP contribution in [0.25, 0.3) is 0 Å². The summed E-state index contributed by atoms with van der Waals surface area (Å²) in [6.07, 6.45) is -3.81. The maximum Gasteiger partial charge on any atom is 0.308 e. The molecule has 0 aliphatic rings. The molecule has 2 atom stereocenters. The second-order valence-corrected chi connectivity index (χ2v) is 4.04. The van der Waals surface area contributed by atoms with E-state index in [1.54, 1.807) is 6.92 Å². The van der Waals surface area contributed by atoms with Crippen LogP contribution in [0, 0.1) is 10.1 Å². The summed E-state index contributed by atoms with van der Waals surface area (Å²) in [6, 6.07) is 2.35. The largest absolute Gasteiger partial charge is 0.481 e. The molecule has 0 radical (unpaired) electrons. The van der Waals surface area contributed by atoms with Gasteiger partial charge in [-0.2, -0.15) is 0 Å². The number of ether oxygens (including phenoxy) is 2. The SMILES string of the molecule is CCOC(=O)CC(O)C(O)c1nc(OC)ccc1[N+](=O)[O-]. The Labute approximate surface area is 120 Å². The Hall–Kier alpha value is -2.26. The van der Waals surface area contributed by atoms with Crippen LogP contribution in [0.2, 0.25) is 0 Å². The number of carbonyl (C=O) groups is 1. The molecule has 0 bridgehead atoms. The van der Waals surface area contributed by atoms with E-state index in [0.29, 0.717) is 0 Å². The molecule has 1 rings (SSSR count). The summed E-state index contributed by atoms with van der Waals surface area (Å²) in [6.45, 7) is 1.72. The molecule has 0 aromatic carbocycles. The number of aliphatic hydroxyl groups excluding tert-OH is 2. The van der Waals surface area contributed by atoms with Crippen LogP contribution in [0.5, 0.6) is 5.88 Å². The van der Waals surface area contributed by atoms with Crippen LogP contribution in [-0.2, 0) is 9.53 Å². The van der Waals surface area contributed by atoms with Gasteiger partial charge in [-0.15, -0.1) is 0 Å². The van der Waals surface area contributed by atoms with E-state index in [1.807, 2.05) is 0 Å². The van der Waals surface area contributed by atoms with Gasteiger partial charge in [0.05, 0.1) is 31.2 Å². The molecule has 2 N–H and O–H groups in total. The van der Waals surface area contributed by atoms with Gasteiger partial charge in [0.25, 0.3) is 5.69 Å². The normalized spacial score (nSPS) is 13.3. The second-order valence-electron chi connectivity index (χ2n) is 4.04. The van der Waals surface area contributed by atoms with Crippen LogP contribution < -0.4 is 4.74 Å². The Bertz CT molecular complexity index is 520. The predicted molar refractivity (Wildman–Crippen MR) is 69.7 cm³/mol. The third-order valence-corrected chi connectivity index (χ3v) is 2.61. The van der Waals surface area contributed by atoms with Crippen molar-refractivity contribution in [3.05, 3.63) is 27.9 Å². The van der Waals surface area contributed by atoms with E-state index in [-0.39, 0.29) is 18.2 Å². The molecule has 0 spiro atoms. The summed E-state index contributed by atoms with van der Waals surface area (Å²) in [7, 11) is 1.30. The third kappa shape index (κ3) is 4.36. The molecular formula is C12H16N2O7. The Morgan fingerprint density at radius 1 is 1.48 bits per heavy atom. The van der Waals surface area contributed by atoms with Crippen LogP contribution in [0.3, 0.4) is 0 Å². The minimum Gasteiger partial charge on any atom is -0.481 e. The van der Waals surface area contributed by atoms with Gasteiger partial charge in [0.15, 0.2) is 5.69 Å². The lowest BCUT2D eigenvalue weighted by atomic mass is 10.1. The van der Waals surface area contributed by atoms with Gasteiger partial charge in [-0.3, -0.25) is 14.9 Å². The highest BCUT2D eigenvalue weighted by Crippen LogP contribution is 2.28. The van der Waals surface area contributed by atoms with Crippen molar-refractivity contribution >= 4 is 11.7 Å². The number of rotatable bonds is 7. The lowest BCUT2D eigenvalue weighted by Crippen LogP contribution is -2.24. The van der Waals surface area contributed by atoms with Crippen LogP contribution in [0.4, 0.5) is 5.69 Å². The summed E-state index contributed by atoms with van der Waals surface area (Å²) in [4.78, 5) is 25.2. The molecule has 0 amide bonds. The Balaban J connectivity index is 3.01. The molecule has 9 nitrogen and oxygen atoms in total. The lowest BCUT2D eigenvalue weighted by molar-refractivity contribution is -0.386. The first-order valence-electron chi connectivity index (χ1n) is 6.11. The van der Waals surface area contributed by atoms with Crippen molar-refractivity contribution in [3.63, 3.8) is 0 Å². The first kappa shape index (κ1) is 16.8. The summed E-state index contributed by atoms with van der Waals surface area (Å²) < 4.78 is 9.45. The summed E-state index contributed by atoms with van der Waals surface area (Å²) >= 11 is 0. The Morgan fingerprint density at radius 3 is 2.67 bits per heavy atom. The highest BCUT2D eigenvalue weighted by molar-refractivity contribution is 5.70. The van der Waals surface area contributed by atoms with E-state index in [0.717, 1.165) is 6.07 Å². The monoisotopic (exact) mass is 300 g/mol. The number of hydrogen-bond acceptors (Lipinski definition) is 8. The minimum atomic E-state index is -1.72. The lowest BCUT2D eigenvalue weighted by Gasteiger charge is -2.17. The van der Waals surface area contributed by atoms with Gasteiger partial charge in [-0.1, -0.05) is 0 Å². The summed E-state index contributed by atoms with van der Waals surface area (Å²) in [5.41, 5.74) is -0.859. The average Bonchev–Trinajstić information content (AvgIpc) is 2.45. The summed E-state index contributed by atoms with van der Waals surface area (Å²) in [5, 5.41) is 30.7. The molecule has 0 aliphatic carbocycles. The molecule has 0 aliphatic heterocycles. The number of nitro groups is 1. The maximum absolute atomic E-state index is 11.3. The van der Waals surface area contributed by atoms with Crippen molar-refractivity contribution in [2.75, 3.05) is 13.7 Å². The molecule has 0 fully saturated rings. The van der Waals surface area contributed by atoms with Gasteiger partial charge in [0.1, 0.15) is 6.10 Å². The number of nitrogens with zero attached hydrogens (tertiary/aromatic N) is 2. The molecule has 0 saturated carbocycles. The average molecular weight is 300 g/mol. The highest BCUT2D eigenvalue weighted by Gasteiger charge is 2.30. The number of pyridine rings is 1. The standard InChI is InChI=1S/C12H16N2O7/c1-3-21-10(16)6-8(15)12(17)11-7(14(18)19)4-5-9(13-11)20-2/h4-5,8,12,15,17H,3,6H2,1-2H3. The van der Waals surface area contributed by atoms with E-state index in [4.69, 9.17) is 4.74 Å². The maximum atomic E-state index is 11.3. The highest BCUT2D eigenvalue weighted by atomic mass is 16.6. The Kier molecular flexibility index (Phi) is 6.00. The number of hydrogen-bond donors (Lipinski definition) is 2. The number of esters is 1. The molecule has 0 saturated heterocycles. The third-order valence-electron chi connectivity index (χ3n) is 2.61. The van der Waals surface area contributed by atoms with E-state index in [9.17, 15) is 25.1 Å². The zero-order chi connectivity index (χ0) is 16.0. The van der Waals surface area contributed by atoms with Crippen molar-refractivity contribution < 1.29 is 29.4 Å². The molecule has 116 valence electrons. The Morgan fingerprint density at radius 2 is 2.14 bits per heavy atom. The molecular weight excluding hydrogens is 284 g/mol. The van der Waals surface area contributed by atoms with Crippen molar-refractivity contribution in [1.82, 2.24) is 4.98 Å². The van der Waals surface area contributed by atoms with Gasteiger partial charge < -0.3 is 19.7 Å². The van der Waals surface area contributed by atoms with Crippen molar-refractivity contribution in [1.29, 1.82) is 0 Å². The molecule has 9 heteroatoms. The second kappa shape index (κ2) is 7.50. The van der Waals surface area contributed by atoms with Gasteiger partial charge in [0.2, 0.25) is 5.88 Å². The molecule has 21 heavy (non-hydrogen) atoms. The van der Waals surface area contributed by atoms with Gasteiger partial charge in [0, 0.05) is 12.1 Å². The molecule has 1 aromatic heterocycles. The predicted octanol–water partition coefficient (Wildman–Crippen LogP) is 0.346. The molecule has 1 heterocycles. The van der Waals surface area contributed by atoms with Crippen molar-refractivity contribution in [3.8, 4) is 5.88 Å². The molecule has 2 unspecified atom stereocenters. The smallest absolute Gasteiger partial charge is 0.308 e. The first-order chi connectivity index (χ1) is 9.90. The van der Waals surface area contributed by atoms with Gasteiger partial charge >= 0.3 is 5.97 Å². The van der Waals surface area contributed by atoms with Gasteiger partial charge in [-0.05, 0) is 6.92 Å². The fraction of sp³-hybridized carbons (Fsp3) is 0.500. The van der Waals surface area contributed by atoms with Crippen LogP contribution in [-0.4, -0.2) is 45.9 Å². The van der Waals surface area contributed by atoms with Crippen LogP contribution in [0.15, 0.2) is 12.1 Å². The topological polar surface area (TPSA) is 132 Å². The van der Waals surface area contributed by atoms with Gasteiger partial charge in [-0.25, -0.2) is 4.98 Å². The minimum absolute atomic E-state index is 0.0398. The fourth-order valence-corrected chi connectivity index (χ4v) is 1.62. The molecule has 1 aromatic rings. The van der Waals surface area contributed by atoms with Crippen LogP contribution >= 0.6 is 0 Å². The number of aromatic nitrogens is 1. The number of carbonyl (C=O) groups excluding carboxylic acids is 1. The quantitative estimate of drug-likeness (QED) is 0.418. The number of methoxy groups -OCH3 is 1. The van der Waals surface area contributed by atoms with Crippen LogP contribution in [0.1, 0.15) is 25.1 Å². The van der Waals surface area contributed by atoms with Crippen molar-refractivity contribution in [2.24, 2.45) is 0 Å². The van der Waals surface area contributed by atoms with E-state index in [1.165, 1.54) is 13.2 Å². The summed E-state index contributed by atoms with van der Waals surface area (Å²) in [5.74, 6) is -0.687. The first-order valence-corrected chi connectivity index (χ1v) is 6.11. The van der Waals surface area contributed by atoms with E-state index in [2.05, 4.69) is 9.72 Å². The van der Waals surface area contributed by atoms with E-state index >= 15 is 0 Å².